The van der Waals surface area contributed by atoms with Gasteiger partial charge in [-0.1, -0.05) is 216 Å². The first kappa shape index (κ1) is 57.4. The van der Waals surface area contributed by atoms with E-state index in [1.807, 2.05) is 42.5 Å². The molecule has 0 spiro atoms. The topological polar surface area (TPSA) is 140 Å². The zero-order chi connectivity index (χ0) is 44.2. The molecule has 0 aliphatic carbocycles. The molecule has 0 saturated carbocycles. The molecule has 3 atom stereocenters. The highest BCUT2D eigenvalue weighted by Crippen LogP contribution is 2.36. The molecule has 0 aliphatic rings. The lowest BCUT2D eigenvalue weighted by Gasteiger charge is -2.18. The fourth-order valence-electron chi connectivity index (χ4n) is 6.46. The molecule has 0 fully saturated rings. The Kier molecular flexibility index (Phi) is 41.3. The van der Waals surface area contributed by atoms with Gasteiger partial charge in [-0.15, -0.1) is 0 Å². The molecule has 0 bridgehead atoms. The van der Waals surface area contributed by atoms with Gasteiger partial charge in [0.1, 0.15) is 6.61 Å². The van der Waals surface area contributed by atoms with Crippen LogP contribution in [0.5, 0.6) is 0 Å². The Morgan fingerprint density at radius 2 is 1.08 bits per heavy atom. The molecular weight excluding hydrogens is 776 g/mol. The molecule has 0 heterocycles. The third-order valence-electron chi connectivity index (χ3n) is 10.4. The number of ether oxygens (including phenoxy) is 2. The van der Waals surface area contributed by atoms with Crippen LogP contribution in [0.4, 0.5) is 0 Å². The maximum Gasteiger partial charge on any atom is 0.469 e. The van der Waals surface area contributed by atoms with E-state index in [1.54, 1.807) is 6.08 Å². The van der Waals surface area contributed by atoms with E-state index in [1.165, 1.54) is 103 Å². The van der Waals surface area contributed by atoms with Gasteiger partial charge in [-0.25, -0.2) is 4.57 Å². The van der Waals surface area contributed by atoms with Crippen LogP contribution in [0, 0.1) is 5.92 Å². The zero-order valence-electron chi connectivity index (χ0n) is 38.1. The summed E-state index contributed by atoms with van der Waals surface area (Å²) in [5.74, 6) is -0.108. The quantitative estimate of drug-likeness (QED) is 0.0180. The Bertz CT molecular complexity index is 1230. The average Bonchev–Trinajstić information content (AvgIpc) is 3.22. The molecule has 10 heteroatoms. The summed E-state index contributed by atoms with van der Waals surface area (Å²) in [4.78, 5) is 43.0. The van der Waals surface area contributed by atoms with E-state index >= 15 is 0 Å². The first-order chi connectivity index (χ1) is 29.1. The summed E-state index contributed by atoms with van der Waals surface area (Å²) in [5, 5.41) is 9.83. The predicted molar refractivity (Wildman–Crippen MR) is 249 cm³/mol. The molecule has 0 radical (unpaired) electrons. The van der Waals surface area contributed by atoms with Crippen LogP contribution in [0.3, 0.4) is 0 Å². The van der Waals surface area contributed by atoms with E-state index in [0.717, 1.165) is 50.9 Å². The van der Waals surface area contributed by atoms with Crippen LogP contribution >= 0.6 is 7.82 Å². The molecule has 0 aliphatic heterocycles. The predicted octanol–water partition coefficient (Wildman–Crippen LogP) is 13.8. The van der Waals surface area contributed by atoms with Crippen molar-refractivity contribution < 1.29 is 43.0 Å². The molecule has 0 amide bonds. The first-order valence-electron chi connectivity index (χ1n) is 23.7. The minimum atomic E-state index is -4.79. The van der Waals surface area contributed by atoms with Gasteiger partial charge in [-0.3, -0.25) is 14.1 Å². The zero-order valence-corrected chi connectivity index (χ0v) is 39.0. The molecule has 60 heavy (non-hydrogen) atoms. The number of carbonyl (C=O) groups is 2. The standard InChI is InChI=1S/C50H87O9P/c1-4-6-34-40-47(51)41-36-31-27-23-19-15-13-17-20-24-28-32-37-42-49(52)57-44-48(45-58-60(54,55)56)59-50(53)43-38-33-29-25-21-16-12-10-8-7-9-11-14-18-22-26-30-35-39-46(3)5-2/h6,15,17,19-20,27-28,31-32,34,36,41,46-48,51H,4-5,7-14,16,18,21-26,29-30,33,35,37-40,42-45H2,1-3H3,(H2,54,55,56)/b19-15-,20-17-,31-27+,32-28-,34-6-,41-36+/t46?,47?,48-/m1/s1. The number of esters is 2. The van der Waals surface area contributed by atoms with E-state index in [2.05, 4.69) is 49.6 Å². The van der Waals surface area contributed by atoms with Crippen molar-refractivity contribution in [3.8, 4) is 0 Å². The number of aliphatic hydroxyl groups is 1. The molecule has 9 nitrogen and oxygen atoms in total. The van der Waals surface area contributed by atoms with Gasteiger partial charge in [0.25, 0.3) is 0 Å². The third-order valence-corrected chi connectivity index (χ3v) is 10.9. The van der Waals surface area contributed by atoms with Gasteiger partial charge < -0.3 is 24.4 Å². The highest BCUT2D eigenvalue weighted by atomic mass is 31.2. The Hall–Kier alpha value is -2.55. The van der Waals surface area contributed by atoms with Crippen molar-refractivity contribution in [1.82, 2.24) is 0 Å². The molecule has 0 saturated heterocycles. The van der Waals surface area contributed by atoms with Crippen molar-refractivity contribution in [3.63, 3.8) is 0 Å². The Morgan fingerprint density at radius 1 is 0.583 bits per heavy atom. The van der Waals surface area contributed by atoms with Crippen LogP contribution in [0.15, 0.2) is 72.9 Å². The number of allylic oxidation sites excluding steroid dienone is 10. The van der Waals surface area contributed by atoms with Crippen LogP contribution < -0.4 is 0 Å². The second-order valence-corrected chi connectivity index (χ2v) is 17.4. The minimum Gasteiger partial charge on any atom is -0.462 e. The highest BCUT2D eigenvalue weighted by molar-refractivity contribution is 7.46. The Labute approximate surface area is 366 Å². The van der Waals surface area contributed by atoms with E-state index < -0.39 is 38.6 Å². The van der Waals surface area contributed by atoms with Crippen molar-refractivity contribution in [2.75, 3.05) is 13.2 Å². The second-order valence-electron chi connectivity index (χ2n) is 16.2. The lowest BCUT2D eigenvalue weighted by atomic mass is 9.99. The van der Waals surface area contributed by atoms with Gasteiger partial charge in [0, 0.05) is 12.8 Å². The normalized spacial score (nSPS) is 14.2. The van der Waals surface area contributed by atoms with Gasteiger partial charge in [0.15, 0.2) is 6.10 Å². The molecule has 346 valence electrons. The van der Waals surface area contributed by atoms with Crippen LogP contribution in [0.1, 0.15) is 201 Å². The van der Waals surface area contributed by atoms with E-state index in [0.29, 0.717) is 19.3 Å². The lowest BCUT2D eigenvalue weighted by molar-refractivity contribution is -0.161. The number of phosphoric ester groups is 1. The summed E-state index contributed by atoms with van der Waals surface area (Å²) in [5.41, 5.74) is 0. The third kappa shape index (κ3) is 45.0. The fourth-order valence-corrected chi connectivity index (χ4v) is 6.82. The summed E-state index contributed by atoms with van der Waals surface area (Å²) in [6, 6.07) is 0. The number of aliphatic hydroxyl groups excluding tert-OH is 1. The number of carbonyl (C=O) groups excluding carboxylic acids is 2. The Morgan fingerprint density at radius 3 is 1.60 bits per heavy atom. The van der Waals surface area contributed by atoms with Gasteiger partial charge in [-0.2, -0.15) is 0 Å². The van der Waals surface area contributed by atoms with Gasteiger partial charge >= 0.3 is 19.8 Å². The fraction of sp³-hybridized carbons (Fsp3) is 0.720. The SMILES string of the molecule is CC/C=C\CC(O)/C=C/C=C/C/C=C\C/C=C\C/C=C\CCC(=O)OC[C@H](COP(=O)(O)O)OC(=O)CCCCCCCCCCCCCCCCCCCCC(C)CC. The van der Waals surface area contributed by atoms with Crippen LogP contribution in [-0.2, 0) is 28.2 Å². The monoisotopic (exact) mass is 863 g/mol. The van der Waals surface area contributed by atoms with Gasteiger partial charge in [0.05, 0.1) is 12.7 Å². The maximum atomic E-state index is 12.5. The van der Waals surface area contributed by atoms with E-state index in [9.17, 15) is 19.3 Å². The van der Waals surface area contributed by atoms with Crippen molar-refractivity contribution in [1.29, 1.82) is 0 Å². The van der Waals surface area contributed by atoms with E-state index in [4.69, 9.17) is 19.3 Å². The number of unbranched alkanes of at least 4 members (excludes halogenated alkanes) is 17. The van der Waals surface area contributed by atoms with Crippen molar-refractivity contribution in [2.45, 2.75) is 213 Å². The van der Waals surface area contributed by atoms with Crippen LogP contribution in [0.25, 0.3) is 0 Å². The lowest BCUT2D eigenvalue weighted by Crippen LogP contribution is -2.29. The highest BCUT2D eigenvalue weighted by Gasteiger charge is 2.22. The summed E-state index contributed by atoms with van der Waals surface area (Å²) >= 11 is 0. The number of rotatable bonds is 42. The molecule has 0 aromatic rings. The molecule has 2 unspecified atom stereocenters. The van der Waals surface area contributed by atoms with Crippen molar-refractivity contribution in [3.05, 3.63) is 72.9 Å². The first-order valence-corrected chi connectivity index (χ1v) is 25.3. The van der Waals surface area contributed by atoms with Crippen molar-refractivity contribution >= 4 is 19.8 Å². The minimum absolute atomic E-state index is 0.125. The molecule has 0 aromatic heterocycles. The van der Waals surface area contributed by atoms with Crippen LogP contribution in [0.2, 0.25) is 0 Å². The summed E-state index contributed by atoms with van der Waals surface area (Å²) in [6.45, 7) is 5.82. The number of phosphoric acid groups is 1. The maximum absolute atomic E-state index is 12.5. The summed E-state index contributed by atoms with van der Waals surface area (Å²) in [6.07, 6.45) is 52.5. The molecule has 3 N–H and O–H groups in total. The molecule has 0 rings (SSSR count). The van der Waals surface area contributed by atoms with Gasteiger partial charge in [0.2, 0.25) is 0 Å². The molecule has 0 aromatic carbocycles. The van der Waals surface area contributed by atoms with Crippen LogP contribution in [-0.4, -0.2) is 52.3 Å². The molecular formula is C50H87O9P. The average molecular weight is 863 g/mol. The second kappa shape index (κ2) is 43.1. The van der Waals surface area contributed by atoms with E-state index in [-0.39, 0.29) is 19.4 Å². The summed E-state index contributed by atoms with van der Waals surface area (Å²) < 4.78 is 26.4. The number of hydrogen-bond acceptors (Lipinski definition) is 7. The largest absolute Gasteiger partial charge is 0.469 e. The Balaban J connectivity index is 3.99. The number of hydrogen-bond donors (Lipinski definition) is 3. The smallest absolute Gasteiger partial charge is 0.462 e. The van der Waals surface area contributed by atoms with Gasteiger partial charge in [-0.05, 0) is 50.9 Å². The van der Waals surface area contributed by atoms with Crippen molar-refractivity contribution in [2.24, 2.45) is 5.92 Å². The summed E-state index contributed by atoms with van der Waals surface area (Å²) in [7, 11) is -4.79.